The number of anilines is 2. The zero-order chi connectivity index (χ0) is 27.3. The third-order valence-electron chi connectivity index (χ3n) is 6.86. The lowest BCUT2D eigenvalue weighted by Crippen LogP contribution is -2.57. The largest absolute Gasteiger partial charge is 0.573 e. The van der Waals surface area contributed by atoms with Crippen LogP contribution in [0.25, 0.3) is 0 Å². The third kappa shape index (κ3) is 7.92. The molecule has 2 amide bonds. The number of hydrogen-bond acceptors (Lipinski definition) is 4. The van der Waals surface area contributed by atoms with Crippen molar-refractivity contribution < 1.29 is 35.9 Å². The van der Waals surface area contributed by atoms with Crippen LogP contribution in [-0.4, -0.2) is 43.6 Å². The Morgan fingerprint density at radius 2 is 1.50 bits per heavy atom. The molecule has 0 aromatic heterocycles. The summed E-state index contributed by atoms with van der Waals surface area (Å²) in [6, 6.07) is 9.65. The van der Waals surface area contributed by atoms with Gasteiger partial charge in [0.25, 0.3) is 0 Å². The Morgan fingerprint density at radius 3 is 2.13 bits per heavy atom. The van der Waals surface area contributed by atoms with Gasteiger partial charge in [0.05, 0.1) is 5.56 Å². The van der Waals surface area contributed by atoms with Gasteiger partial charge in [0, 0.05) is 42.6 Å². The van der Waals surface area contributed by atoms with Crippen molar-refractivity contribution in [1.29, 1.82) is 0 Å². The molecule has 3 N–H and O–H groups in total. The summed E-state index contributed by atoms with van der Waals surface area (Å²) in [4.78, 5) is 14.7. The van der Waals surface area contributed by atoms with E-state index >= 15 is 0 Å². The Morgan fingerprint density at radius 1 is 0.842 bits per heavy atom. The van der Waals surface area contributed by atoms with Crippen molar-refractivity contribution >= 4 is 17.4 Å². The van der Waals surface area contributed by atoms with E-state index in [2.05, 4.69) is 25.6 Å². The number of amides is 2. The molecule has 2 aromatic carbocycles. The first-order chi connectivity index (χ1) is 18.0. The molecule has 0 radical (unpaired) electrons. The lowest BCUT2D eigenvalue weighted by atomic mass is 9.89. The van der Waals surface area contributed by atoms with Crippen molar-refractivity contribution in [3.05, 3.63) is 54.1 Å². The predicted octanol–water partition coefficient (Wildman–Crippen LogP) is 6.30. The normalized spacial score (nSPS) is 22.6. The van der Waals surface area contributed by atoms with Gasteiger partial charge in [0.1, 0.15) is 5.75 Å². The van der Waals surface area contributed by atoms with Crippen LogP contribution in [0.4, 0.5) is 42.5 Å². The van der Waals surface area contributed by atoms with Crippen molar-refractivity contribution in [1.82, 2.24) is 10.6 Å². The number of benzene rings is 2. The van der Waals surface area contributed by atoms with Gasteiger partial charge in [-0.3, -0.25) is 0 Å². The van der Waals surface area contributed by atoms with Crippen LogP contribution >= 0.6 is 0 Å². The van der Waals surface area contributed by atoms with Crippen LogP contribution in [0.3, 0.4) is 0 Å². The number of urea groups is 1. The molecule has 6 nitrogen and oxygen atoms in total. The van der Waals surface area contributed by atoms with E-state index in [0.29, 0.717) is 12.2 Å². The van der Waals surface area contributed by atoms with Crippen LogP contribution in [0.15, 0.2) is 48.5 Å². The molecule has 0 spiro atoms. The van der Waals surface area contributed by atoms with Crippen molar-refractivity contribution in [2.24, 2.45) is 0 Å². The molecule has 3 unspecified atom stereocenters. The number of halogens is 6. The van der Waals surface area contributed by atoms with Gasteiger partial charge in [-0.1, -0.05) is 12.8 Å². The van der Waals surface area contributed by atoms with Crippen molar-refractivity contribution in [3.63, 3.8) is 0 Å². The topological polar surface area (TPSA) is 65.6 Å². The Bertz CT molecular complexity index is 1060. The number of piperidine rings is 1. The minimum absolute atomic E-state index is 0.0228. The molecule has 2 aliphatic rings. The highest BCUT2D eigenvalue weighted by molar-refractivity contribution is 5.89. The molecule has 3 atom stereocenters. The molecule has 2 fully saturated rings. The summed E-state index contributed by atoms with van der Waals surface area (Å²) in [5.74, 6) is -0.377. The summed E-state index contributed by atoms with van der Waals surface area (Å²) in [5, 5.41) is 9.28. The third-order valence-corrected chi connectivity index (χ3v) is 6.86. The Labute approximate surface area is 216 Å². The van der Waals surface area contributed by atoms with Crippen molar-refractivity contribution in [2.45, 2.75) is 69.2 Å². The second-order valence-electron chi connectivity index (χ2n) is 9.66. The van der Waals surface area contributed by atoms with Gasteiger partial charge in [-0.25, -0.2) is 4.79 Å². The second kappa shape index (κ2) is 11.7. The summed E-state index contributed by atoms with van der Waals surface area (Å²) in [5.41, 5.74) is 0.401. The summed E-state index contributed by atoms with van der Waals surface area (Å²) < 4.78 is 79.5. The van der Waals surface area contributed by atoms with Gasteiger partial charge in [-0.2, -0.15) is 13.2 Å². The number of rotatable bonds is 6. The molecular formula is C26H30F6N4O2. The summed E-state index contributed by atoms with van der Waals surface area (Å²) in [6.45, 7) is 1.40. The van der Waals surface area contributed by atoms with Crippen LogP contribution in [-0.2, 0) is 6.18 Å². The number of hydrogen-bond donors (Lipinski definition) is 3. The summed E-state index contributed by atoms with van der Waals surface area (Å²) in [6.07, 6.45) is -3.75. The van der Waals surface area contributed by atoms with Gasteiger partial charge in [0.15, 0.2) is 0 Å². The Balaban J connectivity index is 1.31. The quantitative estimate of drug-likeness (QED) is 0.374. The molecule has 1 saturated heterocycles. The first kappa shape index (κ1) is 27.9. The first-order valence-corrected chi connectivity index (χ1v) is 12.6. The number of ether oxygens (including phenoxy) is 1. The molecule has 1 aliphatic heterocycles. The van der Waals surface area contributed by atoms with Gasteiger partial charge >= 0.3 is 18.6 Å². The number of nitrogens with one attached hydrogen (secondary N) is 3. The maximum Gasteiger partial charge on any atom is 0.573 e. The highest BCUT2D eigenvalue weighted by Gasteiger charge is 2.33. The maximum atomic E-state index is 12.9. The molecule has 4 rings (SSSR count). The molecule has 208 valence electrons. The van der Waals surface area contributed by atoms with Gasteiger partial charge in [0.2, 0.25) is 0 Å². The number of nitrogens with zero attached hydrogens (tertiary/aromatic N) is 1. The molecule has 38 heavy (non-hydrogen) atoms. The van der Waals surface area contributed by atoms with E-state index in [0.717, 1.165) is 75.0 Å². The van der Waals surface area contributed by atoms with Crippen molar-refractivity contribution in [3.8, 4) is 5.75 Å². The molecular weight excluding hydrogens is 514 g/mol. The molecule has 1 heterocycles. The minimum atomic E-state index is -4.79. The highest BCUT2D eigenvalue weighted by Crippen LogP contribution is 2.31. The maximum absolute atomic E-state index is 12.9. The van der Waals surface area contributed by atoms with E-state index in [-0.39, 0.29) is 23.9 Å². The van der Waals surface area contributed by atoms with Crippen LogP contribution in [0.5, 0.6) is 5.75 Å². The van der Waals surface area contributed by atoms with E-state index in [1.54, 1.807) is 0 Å². The Kier molecular flexibility index (Phi) is 8.59. The Hall–Kier alpha value is -3.15. The molecule has 2 aromatic rings. The van der Waals surface area contributed by atoms with Crippen LogP contribution in [0.2, 0.25) is 0 Å². The number of alkyl halides is 6. The molecule has 1 aliphatic carbocycles. The number of carbonyl (C=O) groups is 1. The van der Waals surface area contributed by atoms with E-state index in [9.17, 15) is 31.1 Å². The average Bonchev–Trinajstić information content (AvgIpc) is 2.85. The van der Waals surface area contributed by atoms with E-state index in [1.165, 1.54) is 24.3 Å². The average molecular weight is 545 g/mol. The predicted molar refractivity (Wildman–Crippen MR) is 131 cm³/mol. The second-order valence-corrected chi connectivity index (χ2v) is 9.66. The van der Waals surface area contributed by atoms with Gasteiger partial charge in [-0.05, 0) is 74.2 Å². The summed E-state index contributed by atoms with van der Waals surface area (Å²) >= 11 is 0. The van der Waals surface area contributed by atoms with E-state index in [1.807, 2.05) is 0 Å². The SMILES string of the molecule is O=C(Nc1ccc(OC(F)(F)F)cc1)NC1CCCCC1NC1CCCN(c2ccc(C(F)(F)F)cc2)C1. The molecule has 1 saturated carbocycles. The van der Waals surface area contributed by atoms with Gasteiger partial charge < -0.3 is 25.6 Å². The van der Waals surface area contributed by atoms with Crippen molar-refractivity contribution in [2.75, 3.05) is 23.3 Å². The van der Waals surface area contributed by atoms with E-state index in [4.69, 9.17) is 0 Å². The minimum Gasteiger partial charge on any atom is -0.406 e. The fourth-order valence-corrected chi connectivity index (χ4v) is 5.09. The van der Waals surface area contributed by atoms with Crippen LogP contribution in [0.1, 0.15) is 44.1 Å². The van der Waals surface area contributed by atoms with Gasteiger partial charge in [-0.15, -0.1) is 13.2 Å². The molecule has 12 heteroatoms. The van der Waals surface area contributed by atoms with E-state index < -0.39 is 24.1 Å². The standard InChI is InChI=1S/C26H30F6N4O2/c27-25(28,29)17-7-11-20(12-8-17)36-15-3-4-19(16-36)33-22-5-1-2-6-23(22)35-24(37)34-18-9-13-21(14-10-18)38-26(30,31)32/h7-14,19,22-23,33H,1-6,15-16H2,(H2,34,35,37). The monoisotopic (exact) mass is 544 g/mol. The fraction of sp³-hybridized carbons (Fsp3) is 0.500. The lowest BCUT2D eigenvalue weighted by Gasteiger charge is -2.40. The molecule has 0 bridgehead atoms. The lowest BCUT2D eigenvalue weighted by molar-refractivity contribution is -0.274. The van der Waals surface area contributed by atoms with Crippen LogP contribution < -0.4 is 25.6 Å². The van der Waals surface area contributed by atoms with Crippen LogP contribution in [0, 0.1) is 0 Å². The zero-order valence-electron chi connectivity index (χ0n) is 20.5. The summed E-state index contributed by atoms with van der Waals surface area (Å²) in [7, 11) is 0. The number of carbonyl (C=O) groups excluding carboxylic acids is 1. The smallest absolute Gasteiger partial charge is 0.406 e. The first-order valence-electron chi connectivity index (χ1n) is 12.6. The zero-order valence-corrected chi connectivity index (χ0v) is 20.5. The fourth-order valence-electron chi connectivity index (χ4n) is 5.09. The highest BCUT2D eigenvalue weighted by atomic mass is 19.4.